The summed E-state index contributed by atoms with van der Waals surface area (Å²) in [5.41, 5.74) is 2.11. The van der Waals surface area contributed by atoms with Crippen LogP contribution in [-0.2, 0) is 17.8 Å². The highest BCUT2D eigenvalue weighted by atomic mass is 35.5. The molecule has 0 atom stereocenters. The molecule has 0 saturated carbocycles. The van der Waals surface area contributed by atoms with Crippen molar-refractivity contribution in [2.45, 2.75) is 26.8 Å². The van der Waals surface area contributed by atoms with Gasteiger partial charge in [0, 0.05) is 24.7 Å². The van der Waals surface area contributed by atoms with Gasteiger partial charge >= 0.3 is 0 Å². The summed E-state index contributed by atoms with van der Waals surface area (Å²) in [6, 6.07) is 15.5. The molecule has 0 fully saturated rings. The Hall–Kier alpha value is -2.73. The number of halogens is 1. The molecule has 3 N–H and O–H groups in total. The second-order valence-corrected chi connectivity index (χ2v) is 6.76. The monoisotopic (exact) mass is 416 g/mol. The molecule has 6 nitrogen and oxygen atoms in total. The van der Waals surface area contributed by atoms with Crippen LogP contribution in [0.5, 0.6) is 5.75 Å². The Balaban J connectivity index is 1.89. The van der Waals surface area contributed by atoms with E-state index in [2.05, 4.69) is 20.9 Å². The van der Waals surface area contributed by atoms with Crippen molar-refractivity contribution in [3.05, 3.63) is 64.7 Å². The van der Waals surface area contributed by atoms with Crippen LogP contribution >= 0.6 is 11.6 Å². The van der Waals surface area contributed by atoms with Gasteiger partial charge in [-0.2, -0.15) is 0 Å². The SMILES string of the molecule is CCNC(=O)COc1cccc(CN=C(NCC)NCCc2ccccc2Cl)c1. The molecule has 0 bridgehead atoms. The highest BCUT2D eigenvalue weighted by Gasteiger charge is 2.04. The fourth-order valence-electron chi connectivity index (χ4n) is 2.66. The minimum absolute atomic E-state index is 0.00675. The molecule has 0 unspecified atom stereocenters. The number of ether oxygens (including phenoxy) is 1. The maximum Gasteiger partial charge on any atom is 0.257 e. The Morgan fingerprint density at radius 1 is 1.03 bits per heavy atom. The second kappa shape index (κ2) is 12.7. The highest BCUT2D eigenvalue weighted by Crippen LogP contribution is 2.15. The molecule has 0 aromatic heterocycles. The van der Waals surface area contributed by atoms with Crippen molar-refractivity contribution in [1.29, 1.82) is 0 Å². The number of nitrogens with one attached hydrogen (secondary N) is 3. The van der Waals surface area contributed by atoms with Crippen LogP contribution in [0.25, 0.3) is 0 Å². The van der Waals surface area contributed by atoms with E-state index in [0.29, 0.717) is 18.8 Å². The molecule has 2 aromatic carbocycles. The first kappa shape index (κ1) is 22.6. The average molecular weight is 417 g/mol. The smallest absolute Gasteiger partial charge is 0.257 e. The van der Waals surface area contributed by atoms with E-state index < -0.39 is 0 Å². The molecule has 0 saturated heterocycles. The third-order valence-electron chi connectivity index (χ3n) is 4.05. The van der Waals surface area contributed by atoms with E-state index >= 15 is 0 Å². The first-order chi connectivity index (χ1) is 14.1. The number of likely N-dealkylation sites (N-methyl/N-ethyl adjacent to an activating group) is 1. The number of aliphatic imine (C=N–C) groups is 1. The van der Waals surface area contributed by atoms with E-state index in [4.69, 9.17) is 16.3 Å². The normalized spacial score (nSPS) is 11.1. The van der Waals surface area contributed by atoms with Crippen molar-refractivity contribution in [2.24, 2.45) is 4.99 Å². The Bertz CT molecular complexity index is 811. The molecular weight excluding hydrogens is 388 g/mol. The van der Waals surface area contributed by atoms with Gasteiger partial charge in [-0.15, -0.1) is 0 Å². The number of hydrogen-bond donors (Lipinski definition) is 3. The first-order valence-electron chi connectivity index (χ1n) is 9.86. The van der Waals surface area contributed by atoms with Crippen LogP contribution in [0.3, 0.4) is 0 Å². The molecule has 0 heterocycles. The summed E-state index contributed by atoms with van der Waals surface area (Å²) in [6.07, 6.45) is 0.813. The van der Waals surface area contributed by atoms with Gasteiger partial charge in [-0.25, -0.2) is 4.99 Å². The molecule has 0 aliphatic carbocycles. The Morgan fingerprint density at radius 2 is 1.83 bits per heavy atom. The van der Waals surface area contributed by atoms with E-state index in [-0.39, 0.29) is 12.5 Å². The van der Waals surface area contributed by atoms with Gasteiger partial charge in [-0.3, -0.25) is 4.79 Å². The largest absolute Gasteiger partial charge is 0.484 e. The van der Waals surface area contributed by atoms with E-state index in [9.17, 15) is 4.79 Å². The van der Waals surface area contributed by atoms with Crippen molar-refractivity contribution in [1.82, 2.24) is 16.0 Å². The van der Waals surface area contributed by atoms with Crippen LogP contribution in [0.4, 0.5) is 0 Å². The topological polar surface area (TPSA) is 74.8 Å². The first-order valence-corrected chi connectivity index (χ1v) is 10.2. The minimum Gasteiger partial charge on any atom is -0.484 e. The third-order valence-corrected chi connectivity index (χ3v) is 4.42. The molecule has 156 valence electrons. The van der Waals surface area contributed by atoms with Crippen LogP contribution in [0.15, 0.2) is 53.5 Å². The lowest BCUT2D eigenvalue weighted by Gasteiger charge is -2.12. The number of amides is 1. The summed E-state index contributed by atoms with van der Waals surface area (Å²) < 4.78 is 5.54. The molecule has 0 aliphatic heterocycles. The zero-order chi connectivity index (χ0) is 20.9. The molecule has 2 aromatic rings. The van der Waals surface area contributed by atoms with Gasteiger partial charge in [0.1, 0.15) is 5.75 Å². The third kappa shape index (κ3) is 8.44. The number of carbonyl (C=O) groups excluding carboxylic acids is 1. The molecular formula is C22H29ClN4O2. The Morgan fingerprint density at radius 3 is 2.59 bits per heavy atom. The van der Waals surface area contributed by atoms with Crippen molar-refractivity contribution in [3.8, 4) is 5.75 Å². The molecule has 7 heteroatoms. The van der Waals surface area contributed by atoms with Gasteiger partial charge in [0.2, 0.25) is 0 Å². The summed E-state index contributed by atoms with van der Waals surface area (Å²) in [4.78, 5) is 16.2. The van der Waals surface area contributed by atoms with Gasteiger partial charge in [-0.1, -0.05) is 41.9 Å². The van der Waals surface area contributed by atoms with Crippen LogP contribution in [0.2, 0.25) is 5.02 Å². The van der Waals surface area contributed by atoms with Crippen molar-refractivity contribution < 1.29 is 9.53 Å². The molecule has 0 spiro atoms. The molecule has 2 rings (SSSR count). The predicted molar refractivity (Wildman–Crippen MR) is 119 cm³/mol. The number of guanidine groups is 1. The van der Waals surface area contributed by atoms with E-state index in [0.717, 1.165) is 41.6 Å². The van der Waals surface area contributed by atoms with Crippen LogP contribution in [0.1, 0.15) is 25.0 Å². The fraction of sp³-hybridized carbons (Fsp3) is 0.364. The zero-order valence-electron chi connectivity index (χ0n) is 17.0. The lowest BCUT2D eigenvalue weighted by molar-refractivity contribution is -0.122. The summed E-state index contributed by atoms with van der Waals surface area (Å²) in [6.45, 7) is 6.50. The summed E-state index contributed by atoms with van der Waals surface area (Å²) in [5.74, 6) is 1.27. The lowest BCUT2D eigenvalue weighted by Crippen LogP contribution is -2.38. The number of rotatable bonds is 10. The van der Waals surface area contributed by atoms with Gasteiger partial charge < -0.3 is 20.7 Å². The molecule has 0 radical (unpaired) electrons. The number of carbonyl (C=O) groups is 1. The van der Waals surface area contributed by atoms with Gasteiger partial charge in [0.15, 0.2) is 12.6 Å². The van der Waals surface area contributed by atoms with Crippen molar-refractivity contribution in [2.75, 3.05) is 26.2 Å². The van der Waals surface area contributed by atoms with E-state index in [1.54, 1.807) is 0 Å². The summed E-state index contributed by atoms with van der Waals surface area (Å²) in [7, 11) is 0. The molecule has 1 amide bonds. The lowest BCUT2D eigenvalue weighted by atomic mass is 10.1. The van der Waals surface area contributed by atoms with Gasteiger partial charge in [-0.05, 0) is 49.6 Å². The van der Waals surface area contributed by atoms with Crippen molar-refractivity contribution in [3.63, 3.8) is 0 Å². The average Bonchev–Trinajstić information content (AvgIpc) is 2.72. The van der Waals surface area contributed by atoms with Crippen LogP contribution in [-0.4, -0.2) is 38.1 Å². The highest BCUT2D eigenvalue weighted by molar-refractivity contribution is 6.31. The maximum absolute atomic E-state index is 11.5. The standard InChI is InChI=1S/C22H29ClN4O2/c1-3-24-21(28)16-29-19-10-7-8-17(14-19)15-27-22(25-4-2)26-13-12-18-9-5-6-11-20(18)23/h5-11,14H,3-4,12-13,15-16H2,1-2H3,(H,24,28)(H2,25,26,27). The second-order valence-electron chi connectivity index (χ2n) is 6.35. The predicted octanol–water partition coefficient (Wildman–Crippen LogP) is 3.15. The Labute approximate surface area is 177 Å². The van der Waals surface area contributed by atoms with E-state index in [1.165, 1.54) is 0 Å². The maximum atomic E-state index is 11.5. The fourth-order valence-corrected chi connectivity index (χ4v) is 2.89. The zero-order valence-corrected chi connectivity index (χ0v) is 17.8. The quantitative estimate of drug-likeness (QED) is 0.411. The van der Waals surface area contributed by atoms with Crippen LogP contribution < -0.4 is 20.7 Å². The molecule has 29 heavy (non-hydrogen) atoms. The van der Waals surface area contributed by atoms with Crippen molar-refractivity contribution >= 4 is 23.5 Å². The number of benzene rings is 2. The number of nitrogens with zero attached hydrogens (tertiary/aromatic N) is 1. The number of hydrogen-bond acceptors (Lipinski definition) is 3. The minimum atomic E-state index is -0.131. The summed E-state index contributed by atoms with van der Waals surface area (Å²) in [5, 5.41) is 10.1. The summed E-state index contributed by atoms with van der Waals surface area (Å²) >= 11 is 6.21. The Kier molecular flexibility index (Phi) is 9.86. The van der Waals surface area contributed by atoms with Gasteiger partial charge in [0.05, 0.1) is 6.54 Å². The van der Waals surface area contributed by atoms with Gasteiger partial charge in [0.25, 0.3) is 5.91 Å². The van der Waals surface area contributed by atoms with Crippen LogP contribution in [0, 0.1) is 0 Å². The molecule has 0 aliphatic rings. The van der Waals surface area contributed by atoms with E-state index in [1.807, 2.05) is 62.4 Å².